The number of amides is 1. The SMILES string of the molecule is CN(C)C(=O)COCCC1CN(Cc2ccc(F)cc2)Cc2cccn2C1. The zero-order valence-corrected chi connectivity index (χ0v) is 16.1. The minimum atomic E-state index is -0.203. The van der Waals surface area contributed by atoms with Crippen LogP contribution in [0.15, 0.2) is 42.6 Å². The highest BCUT2D eigenvalue weighted by Crippen LogP contribution is 2.21. The summed E-state index contributed by atoms with van der Waals surface area (Å²) in [6.07, 6.45) is 3.03. The number of benzene rings is 1. The van der Waals surface area contributed by atoms with Crippen molar-refractivity contribution in [1.29, 1.82) is 0 Å². The van der Waals surface area contributed by atoms with Crippen LogP contribution in [0.1, 0.15) is 17.7 Å². The van der Waals surface area contributed by atoms with Crippen molar-refractivity contribution in [3.05, 3.63) is 59.7 Å². The van der Waals surface area contributed by atoms with Crippen molar-refractivity contribution in [2.75, 3.05) is 33.9 Å². The van der Waals surface area contributed by atoms with Gasteiger partial charge in [-0.3, -0.25) is 9.69 Å². The molecule has 1 aromatic heterocycles. The van der Waals surface area contributed by atoms with Crippen molar-refractivity contribution in [3.8, 4) is 0 Å². The minimum Gasteiger partial charge on any atom is -0.372 e. The summed E-state index contributed by atoms with van der Waals surface area (Å²) in [7, 11) is 3.47. The van der Waals surface area contributed by atoms with Gasteiger partial charge in [-0.05, 0) is 42.2 Å². The molecule has 1 unspecified atom stereocenters. The highest BCUT2D eigenvalue weighted by molar-refractivity contribution is 5.76. The lowest BCUT2D eigenvalue weighted by molar-refractivity contribution is -0.133. The van der Waals surface area contributed by atoms with E-state index in [9.17, 15) is 9.18 Å². The standard InChI is InChI=1S/C21H28FN3O2/c1-23(2)21(26)16-27-11-9-18-13-24(12-17-5-7-19(22)8-6-17)15-20-4-3-10-25(20)14-18/h3-8,10,18H,9,11-16H2,1-2H3. The molecule has 6 heteroatoms. The fraction of sp³-hybridized carbons (Fsp3) is 0.476. The third-order valence-corrected chi connectivity index (χ3v) is 4.99. The molecular formula is C21H28FN3O2. The lowest BCUT2D eigenvalue weighted by Gasteiger charge is -2.24. The maximum atomic E-state index is 13.2. The molecule has 2 heterocycles. The van der Waals surface area contributed by atoms with Gasteiger partial charge in [0, 0.05) is 58.8 Å². The number of rotatable bonds is 7. The molecule has 1 atom stereocenters. The molecule has 0 bridgehead atoms. The van der Waals surface area contributed by atoms with E-state index < -0.39 is 0 Å². The number of ether oxygens (including phenoxy) is 1. The Balaban J connectivity index is 1.59. The maximum absolute atomic E-state index is 13.2. The molecule has 0 spiro atoms. The van der Waals surface area contributed by atoms with Gasteiger partial charge in [-0.15, -0.1) is 0 Å². The molecular weight excluding hydrogens is 345 g/mol. The van der Waals surface area contributed by atoms with Crippen molar-refractivity contribution >= 4 is 5.91 Å². The van der Waals surface area contributed by atoms with E-state index in [4.69, 9.17) is 4.74 Å². The average Bonchev–Trinajstić information content (AvgIpc) is 2.99. The predicted molar refractivity (Wildman–Crippen MR) is 103 cm³/mol. The smallest absolute Gasteiger partial charge is 0.248 e. The fourth-order valence-corrected chi connectivity index (χ4v) is 3.46. The van der Waals surface area contributed by atoms with E-state index in [1.165, 1.54) is 17.8 Å². The molecule has 0 saturated heterocycles. The molecule has 0 fully saturated rings. The summed E-state index contributed by atoms with van der Waals surface area (Å²) >= 11 is 0. The molecule has 146 valence electrons. The van der Waals surface area contributed by atoms with Crippen molar-refractivity contribution in [2.24, 2.45) is 5.92 Å². The molecule has 0 aliphatic carbocycles. The summed E-state index contributed by atoms with van der Waals surface area (Å²) < 4.78 is 21.1. The fourth-order valence-electron chi connectivity index (χ4n) is 3.46. The number of carbonyl (C=O) groups excluding carboxylic acids is 1. The Kier molecular flexibility index (Phi) is 6.63. The number of halogens is 1. The zero-order chi connectivity index (χ0) is 19.2. The van der Waals surface area contributed by atoms with E-state index in [1.807, 2.05) is 12.1 Å². The molecule has 3 rings (SSSR count). The number of likely N-dealkylation sites (N-methyl/N-ethyl adjacent to an activating group) is 1. The Morgan fingerprint density at radius 2 is 2.00 bits per heavy atom. The molecule has 1 aromatic carbocycles. The predicted octanol–water partition coefficient (Wildman–Crippen LogP) is 2.75. The molecule has 2 aromatic rings. The molecule has 0 saturated carbocycles. The molecule has 27 heavy (non-hydrogen) atoms. The first-order valence-electron chi connectivity index (χ1n) is 9.40. The van der Waals surface area contributed by atoms with E-state index >= 15 is 0 Å². The highest BCUT2D eigenvalue weighted by Gasteiger charge is 2.21. The van der Waals surface area contributed by atoms with Gasteiger partial charge >= 0.3 is 0 Å². The molecule has 1 aliphatic rings. The van der Waals surface area contributed by atoms with Crippen molar-refractivity contribution in [2.45, 2.75) is 26.1 Å². The second-order valence-electron chi connectivity index (χ2n) is 7.44. The van der Waals surface area contributed by atoms with Gasteiger partial charge in [-0.25, -0.2) is 4.39 Å². The van der Waals surface area contributed by atoms with E-state index in [2.05, 4.69) is 27.8 Å². The second-order valence-corrected chi connectivity index (χ2v) is 7.44. The normalized spacial score (nSPS) is 17.4. The van der Waals surface area contributed by atoms with Crippen LogP contribution in [0.2, 0.25) is 0 Å². The third kappa shape index (κ3) is 5.65. The van der Waals surface area contributed by atoms with Gasteiger partial charge in [0.15, 0.2) is 0 Å². The Morgan fingerprint density at radius 1 is 1.22 bits per heavy atom. The summed E-state index contributed by atoms with van der Waals surface area (Å²) in [4.78, 5) is 15.6. The van der Waals surface area contributed by atoms with E-state index in [0.717, 1.165) is 38.2 Å². The maximum Gasteiger partial charge on any atom is 0.248 e. The molecule has 5 nitrogen and oxygen atoms in total. The van der Waals surface area contributed by atoms with E-state index in [-0.39, 0.29) is 18.3 Å². The Bertz CT molecular complexity index is 742. The lowest BCUT2D eigenvalue weighted by Crippen LogP contribution is -2.29. The Labute approximate surface area is 160 Å². The summed E-state index contributed by atoms with van der Waals surface area (Å²) in [5.74, 6) is 0.223. The highest BCUT2D eigenvalue weighted by atomic mass is 19.1. The van der Waals surface area contributed by atoms with Crippen molar-refractivity contribution in [3.63, 3.8) is 0 Å². The van der Waals surface area contributed by atoms with Gasteiger partial charge in [0.2, 0.25) is 5.91 Å². The molecule has 0 radical (unpaired) electrons. The van der Waals surface area contributed by atoms with Crippen molar-refractivity contribution in [1.82, 2.24) is 14.4 Å². The third-order valence-electron chi connectivity index (χ3n) is 4.99. The van der Waals surface area contributed by atoms with Gasteiger partial charge in [0.1, 0.15) is 12.4 Å². The number of nitrogens with zero attached hydrogens (tertiary/aromatic N) is 3. The summed E-state index contributed by atoms with van der Waals surface area (Å²) in [6.45, 7) is 4.28. The minimum absolute atomic E-state index is 0.0125. The number of hydrogen-bond donors (Lipinski definition) is 0. The van der Waals surface area contributed by atoms with Crippen LogP contribution in [0.3, 0.4) is 0 Å². The average molecular weight is 373 g/mol. The van der Waals surface area contributed by atoms with Gasteiger partial charge < -0.3 is 14.2 Å². The number of fused-ring (bicyclic) bond motifs is 1. The largest absolute Gasteiger partial charge is 0.372 e. The first kappa shape index (κ1) is 19.6. The molecule has 1 aliphatic heterocycles. The van der Waals surface area contributed by atoms with Gasteiger partial charge in [-0.2, -0.15) is 0 Å². The van der Waals surface area contributed by atoms with E-state index in [0.29, 0.717) is 12.5 Å². The number of aromatic nitrogens is 1. The zero-order valence-electron chi connectivity index (χ0n) is 16.1. The van der Waals surface area contributed by atoms with Crippen LogP contribution < -0.4 is 0 Å². The van der Waals surface area contributed by atoms with Gasteiger partial charge in [0.25, 0.3) is 0 Å². The van der Waals surface area contributed by atoms with Crippen LogP contribution in [-0.4, -0.2) is 54.1 Å². The topological polar surface area (TPSA) is 37.7 Å². The first-order valence-corrected chi connectivity index (χ1v) is 9.40. The van der Waals surface area contributed by atoms with Crippen LogP contribution in [0.5, 0.6) is 0 Å². The van der Waals surface area contributed by atoms with Crippen LogP contribution in [0.4, 0.5) is 4.39 Å². The van der Waals surface area contributed by atoms with Crippen LogP contribution in [0, 0.1) is 11.7 Å². The molecule has 1 amide bonds. The van der Waals surface area contributed by atoms with Gasteiger partial charge in [0.05, 0.1) is 0 Å². The van der Waals surface area contributed by atoms with E-state index in [1.54, 1.807) is 19.0 Å². The Morgan fingerprint density at radius 3 is 2.74 bits per heavy atom. The summed E-state index contributed by atoms with van der Waals surface area (Å²) in [6, 6.07) is 11.0. The van der Waals surface area contributed by atoms with Crippen LogP contribution in [-0.2, 0) is 29.2 Å². The summed E-state index contributed by atoms with van der Waals surface area (Å²) in [5.41, 5.74) is 2.41. The first-order chi connectivity index (χ1) is 13.0. The number of hydrogen-bond acceptors (Lipinski definition) is 3. The van der Waals surface area contributed by atoms with Crippen LogP contribution in [0.25, 0.3) is 0 Å². The number of carbonyl (C=O) groups is 1. The lowest BCUT2D eigenvalue weighted by atomic mass is 10.1. The van der Waals surface area contributed by atoms with Crippen molar-refractivity contribution < 1.29 is 13.9 Å². The summed E-state index contributed by atoms with van der Waals surface area (Å²) in [5, 5.41) is 0. The van der Waals surface area contributed by atoms with Gasteiger partial charge in [-0.1, -0.05) is 12.1 Å². The molecule has 0 N–H and O–H groups in total. The Hall–Kier alpha value is -2.18. The second kappa shape index (κ2) is 9.15. The quantitative estimate of drug-likeness (QED) is 0.701. The monoisotopic (exact) mass is 373 g/mol. The van der Waals surface area contributed by atoms with Crippen LogP contribution >= 0.6 is 0 Å².